The second-order valence-corrected chi connectivity index (χ2v) is 6.73. The molecular weight excluding hydrogens is 254 g/mol. The van der Waals surface area contributed by atoms with Crippen LogP contribution in [0, 0.1) is 11.3 Å². The fourth-order valence-corrected chi connectivity index (χ4v) is 3.37. The first-order chi connectivity index (χ1) is 9.15. The molecule has 0 amide bonds. The van der Waals surface area contributed by atoms with Crippen molar-refractivity contribution in [3.05, 3.63) is 0 Å². The van der Waals surface area contributed by atoms with Gasteiger partial charge in [0.15, 0.2) is 0 Å². The lowest BCUT2D eigenvalue weighted by Gasteiger charge is -2.36. The smallest absolute Gasteiger partial charge is 0.0593 e. The molecule has 0 atom stereocenters. The van der Waals surface area contributed by atoms with Crippen molar-refractivity contribution in [2.24, 2.45) is 11.3 Å². The molecular formula is C16H33NOS. The van der Waals surface area contributed by atoms with Gasteiger partial charge in [-0.1, -0.05) is 26.7 Å². The average molecular weight is 288 g/mol. The van der Waals surface area contributed by atoms with Crippen molar-refractivity contribution in [2.45, 2.75) is 52.4 Å². The van der Waals surface area contributed by atoms with Crippen molar-refractivity contribution in [1.82, 2.24) is 4.90 Å². The molecule has 1 aliphatic carbocycles. The number of nitrogens with zero attached hydrogens (tertiary/aromatic N) is 1. The highest BCUT2D eigenvalue weighted by Gasteiger charge is 2.28. The monoisotopic (exact) mass is 287 g/mol. The van der Waals surface area contributed by atoms with Crippen LogP contribution in [0.5, 0.6) is 0 Å². The molecule has 0 aromatic carbocycles. The SMILES string of the molecule is CCCC(CS)(CCC)CN(C)CCOCC1CC1. The van der Waals surface area contributed by atoms with Crippen LogP contribution in [0.4, 0.5) is 0 Å². The van der Waals surface area contributed by atoms with E-state index in [-0.39, 0.29) is 0 Å². The van der Waals surface area contributed by atoms with Crippen molar-refractivity contribution in [1.29, 1.82) is 0 Å². The van der Waals surface area contributed by atoms with Crippen molar-refractivity contribution < 1.29 is 4.74 Å². The largest absolute Gasteiger partial charge is 0.380 e. The van der Waals surface area contributed by atoms with Gasteiger partial charge in [0.1, 0.15) is 0 Å². The Hall–Kier alpha value is 0.270. The van der Waals surface area contributed by atoms with Crippen molar-refractivity contribution in [2.75, 3.05) is 39.1 Å². The molecule has 1 aliphatic rings. The molecule has 0 aromatic rings. The summed E-state index contributed by atoms with van der Waals surface area (Å²) in [5, 5.41) is 0. The Balaban J connectivity index is 2.25. The van der Waals surface area contributed by atoms with Crippen LogP contribution in [0.1, 0.15) is 52.4 Å². The van der Waals surface area contributed by atoms with E-state index in [1.54, 1.807) is 0 Å². The summed E-state index contributed by atoms with van der Waals surface area (Å²) in [6, 6.07) is 0. The van der Waals surface area contributed by atoms with E-state index in [1.807, 2.05) is 0 Å². The Morgan fingerprint density at radius 2 is 1.84 bits per heavy atom. The van der Waals surface area contributed by atoms with Gasteiger partial charge in [-0.05, 0) is 49.8 Å². The normalized spacial score (nSPS) is 16.3. The Morgan fingerprint density at radius 1 is 1.21 bits per heavy atom. The number of rotatable bonds is 12. The molecule has 0 saturated heterocycles. The number of likely N-dealkylation sites (N-methyl/N-ethyl adjacent to an activating group) is 1. The topological polar surface area (TPSA) is 12.5 Å². The van der Waals surface area contributed by atoms with Gasteiger partial charge in [0, 0.05) is 19.7 Å². The molecule has 19 heavy (non-hydrogen) atoms. The van der Waals surface area contributed by atoms with Crippen LogP contribution in [0.2, 0.25) is 0 Å². The number of ether oxygens (including phenoxy) is 1. The zero-order valence-electron chi connectivity index (χ0n) is 13.2. The molecule has 1 rings (SSSR count). The van der Waals surface area contributed by atoms with Gasteiger partial charge in [0.25, 0.3) is 0 Å². The van der Waals surface area contributed by atoms with E-state index in [0.29, 0.717) is 5.41 Å². The third-order valence-electron chi connectivity index (χ3n) is 4.17. The zero-order valence-corrected chi connectivity index (χ0v) is 14.1. The minimum atomic E-state index is 0.401. The van der Waals surface area contributed by atoms with Crippen molar-refractivity contribution in [3.63, 3.8) is 0 Å². The lowest BCUT2D eigenvalue weighted by atomic mass is 9.80. The third-order valence-corrected chi connectivity index (χ3v) is 4.84. The van der Waals surface area contributed by atoms with Gasteiger partial charge in [-0.15, -0.1) is 0 Å². The second-order valence-electron chi connectivity index (χ2n) is 6.41. The molecule has 0 spiro atoms. The maximum absolute atomic E-state index is 5.74. The maximum Gasteiger partial charge on any atom is 0.0593 e. The summed E-state index contributed by atoms with van der Waals surface area (Å²) in [7, 11) is 2.23. The quantitative estimate of drug-likeness (QED) is 0.432. The molecule has 3 heteroatoms. The molecule has 0 radical (unpaired) electrons. The molecule has 2 nitrogen and oxygen atoms in total. The molecule has 1 saturated carbocycles. The number of hydrogen-bond donors (Lipinski definition) is 1. The van der Waals surface area contributed by atoms with Crippen molar-refractivity contribution >= 4 is 12.6 Å². The summed E-state index contributed by atoms with van der Waals surface area (Å²) < 4.78 is 5.74. The minimum Gasteiger partial charge on any atom is -0.380 e. The Kier molecular flexibility index (Phi) is 8.43. The Labute approximate surface area is 125 Å². The summed E-state index contributed by atoms with van der Waals surface area (Å²) in [6.07, 6.45) is 7.85. The fraction of sp³-hybridized carbons (Fsp3) is 1.00. The fourth-order valence-electron chi connectivity index (χ4n) is 2.96. The maximum atomic E-state index is 5.74. The van der Waals surface area contributed by atoms with Crippen LogP contribution in [0.3, 0.4) is 0 Å². The van der Waals surface area contributed by atoms with E-state index in [2.05, 4.69) is 38.4 Å². The number of hydrogen-bond acceptors (Lipinski definition) is 3. The summed E-state index contributed by atoms with van der Waals surface area (Å²) >= 11 is 4.63. The summed E-state index contributed by atoms with van der Waals surface area (Å²) in [5.74, 6) is 1.88. The van der Waals surface area contributed by atoms with Crippen LogP contribution in [-0.4, -0.2) is 44.0 Å². The highest BCUT2D eigenvalue weighted by molar-refractivity contribution is 7.80. The number of thiol groups is 1. The van der Waals surface area contributed by atoms with Gasteiger partial charge in [0.05, 0.1) is 6.61 Å². The van der Waals surface area contributed by atoms with Crippen LogP contribution < -0.4 is 0 Å². The molecule has 0 aliphatic heterocycles. The predicted octanol–water partition coefficient (Wildman–Crippen LogP) is 3.86. The molecule has 114 valence electrons. The van der Waals surface area contributed by atoms with Gasteiger partial charge < -0.3 is 9.64 Å². The molecule has 0 N–H and O–H groups in total. The van der Waals surface area contributed by atoms with E-state index < -0.39 is 0 Å². The first-order valence-corrected chi connectivity index (χ1v) is 8.66. The molecule has 0 heterocycles. The highest BCUT2D eigenvalue weighted by Crippen LogP contribution is 2.32. The summed E-state index contributed by atoms with van der Waals surface area (Å²) in [6.45, 7) is 8.64. The van der Waals surface area contributed by atoms with E-state index in [0.717, 1.165) is 38.0 Å². The predicted molar refractivity (Wildman–Crippen MR) is 87.1 cm³/mol. The summed E-state index contributed by atoms with van der Waals surface area (Å²) in [4.78, 5) is 2.44. The Morgan fingerprint density at radius 3 is 2.32 bits per heavy atom. The van der Waals surface area contributed by atoms with Crippen LogP contribution >= 0.6 is 12.6 Å². The summed E-state index contributed by atoms with van der Waals surface area (Å²) in [5.41, 5.74) is 0.401. The van der Waals surface area contributed by atoms with E-state index >= 15 is 0 Å². The first-order valence-electron chi connectivity index (χ1n) is 8.03. The third kappa shape index (κ3) is 7.01. The highest BCUT2D eigenvalue weighted by atomic mass is 32.1. The van der Waals surface area contributed by atoms with Crippen LogP contribution in [0.15, 0.2) is 0 Å². The standard InChI is InChI=1S/C16H33NOS/c1-4-8-16(14-19,9-5-2)13-17(3)10-11-18-12-15-6-7-15/h15,19H,4-14H2,1-3H3. The molecule has 1 fully saturated rings. The molecule has 0 bridgehead atoms. The molecule has 0 unspecified atom stereocenters. The van der Waals surface area contributed by atoms with Crippen LogP contribution in [0.25, 0.3) is 0 Å². The van der Waals surface area contributed by atoms with Gasteiger partial charge >= 0.3 is 0 Å². The first kappa shape index (κ1) is 17.3. The minimum absolute atomic E-state index is 0.401. The van der Waals surface area contributed by atoms with Gasteiger partial charge in [-0.3, -0.25) is 0 Å². The van der Waals surface area contributed by atoms with Gasteiger partial charge in [-0.2, -0.15) is 12.6 Å². The van der Waals surface area contributed by atoms with Crippen LogP contribution in [-0.2, 0) is 4.74 Å². The molecule has 0 aromatic heterocycles. The zero-order chi connectivity index (χ0) is 14.1. The lowest BCUT2D eigenvalue weighted by Crippen LogP contribution is -2.38. The lowest BCUT2D eigenvalue weighted by molar-refractivity contribution is 0.0863. The van der Waals surface area contributed by atoms with E-state index in [4.69, 9.17) is 4.74 Å². The second kappa shape index (κ2) is 9.25. The van der Waals surface area contributed by atoms with Gasteiger partial charge in [-0.25, -0.2) is 0 Å². The van der Waals surface area contributed by atoms with E-state index in [9.17, 15) is 0 Å². The van der Waals surface area contributed by atoms with Gasteiger partial charge in [0.2, 0.25) is 0 Å². The van der Waals surface area contributed by atoms with Crippen molar-refractivity contribution in [3.8, 4) is 0 Å². The average Bonchev–Trinajstić information content (AvgIpc) is 3.19. The van der Waals surface area contributed by atoms with E-state index in [1.165, 1.54) is 38.5 Å². The Bertz CT molecular complexity index is 225.